The number of hydrogen-bond acceptors (Lipinski definition) is 3. The highest BCUT2D eigenvalue weighted by Gasteiger charge is 2.18. The van der Waals surface area contributed by atoms with Crippen LogP contribution in [0.25, 0.3) is 0 Å². The Morgan fingerprint density at radius 1 is 0.733 bits per heavy atom. The van der Waals surface area contributed by atoms with Crippen molar-refractivity contribution in [3.63, 3.8) is 0 Å². The normalized spacial score (nSPS) is 13.1. The molecule has 1 atom stereocenters. The molecule has 1 unspecified atom stereocenters. The van der Waals surface area contributed by atoms with Crippen LogP contribution >= 0.6 is 19.4 Å². The molecule has 0 amide bonds. The third kappa shape index (κ3) is 24.7. The standard InChI is InChI=1S/C24H51O4PS/c1-3-5-7-9-11-12-13-14-16-18-22-30-23-24(19-21-29(25,26)27)28-20-17-15-10-8-6-4-2/h24H,3-23H2,1-2H3,(H2,25,26,27). The van der Waals surface area contributed by atoms with Crippen LogP contribution < -0.4 is 0 Å². The maximum absolute atomic E-state index is 11.2. The van der Waals surface area contributed by atoms with E-state index in [1.165, 1.54) is 96.3 Å². The molecule has 4 nitrogen and oxygen atoms in total. The van der Waals surface area contributed by atoms with Crippen LogP contribution in [0, 0.1) is 0 Å². The topological polar surface area (TPSA) is 66.8 Å². The third-order valence-electron chi connectivity index (χ3n) is 5.54. The predicted octanol–water partition coefficient (Wildman–Crippen LogP) is 7.95. The molecule has 0 aliphatic carbocycles. The molecule has 0 radical (unpaired) electrons. The Balaban J connectivity index is 3.73. The molecular formula is C24H51O4PS. The Kier molecular flexibility index (Phi) is 23.0. The molecule has 0 aromatic heterocycles. The average molecular weight is 467 g/mol. The molecule has 0 saturated carbocycles. The van der Waals surface area contributed by atoms with Gasteiger partial charge >= 0.3 is 7.60 Å². The molecule has 0 saturated heterocycles. The van der Waals surface area contributed by atoms with E-state index in [0.717, 1.165) is 24.5 Å². The number of unbranched alkanes of at least 4 members (excludes halogenated alkanes) is 14. The van der Waals surface area contributed by atoms with E-state index >= 15 is 0 Å². The molecule has 0 aliphatic rings. The van der Waals surface area contributed by atoms with Crippen LogP contribution in [0.5, 0.6) is 0 Å². The molecule has 0 aromatic carbocycles. The largest absolute Gasteiger partial charge is 0.377 e. The van der Waals surface area contributed by atoms with Gasteiger partial charge in [0.2, 0.25) is 0 Å². The van der Waals surface area contributed by atoms with E-state index in [0.29, 0.717) is 6.42 Å². The van der Waals surface area contributed by atoms with E-state index in [9.17, 15) is 14.4 Å². The van der Waals surface area contributed by atoms with Gasteiger partial charge in [0.05, 0.1) is 12.3 Å². The number of rotatable bonds is 24. The van der Waals surface area contributed by atoms with Gasteiger partial charge in [-0.15, -0.1) is 0 Å². The lowest BCUT2D eigenvalue weighted by Crippen LogP contribution is -2.19. The lowest BCUT2D eigenvalue weighted by atomic mass is 10.1. The van der Waals surface area contributed by atoms with E-state index in [1.54, 1.807) is 0 Å². The number of ether oxygens (including phenoxy) is 1. The fourth-order valence-corrected chi connectivity index (χ4v) is 5.29. The molecule has 0 rings (SSSR count). The van der Waals surface area contributed by atoms with Gasteiger partial charge in [0.15, 0.2) is 0 Å². The second kappa shape index (κ2) is 22.6. The van der Waals surface area contributed by atoms with Crippen LogP contribution in [-0.4, -0.2) is 40.2 Å². The summed E-state index contributed by atoms with van der Waals surface area (Å²) in [7, 11) is -3.94. The summed E-state index contributed by atoms with van der Waals surface area (Å²) in [6.45, 7) is 5.21. The van der Waals surface area contributed by atoms with Gasteiger partial charge in [0.1, 0.15) is 0 Å². The zero-order valence-corrected chi connectivity index (χ0v) is 21.7. The SMILES string of the molecule is CCCCCCCCCCCCSCC(CCP(=O)(O)O)OCCCCCCCC. The quantitative estimate of drug-likeness (QED) is 0.112. The van der Waals surface area contributed by atoms with Crippen molar-refractivity contribution in [2.45, 2.75) is 129 Å². The van der Waals surface area contributed by atoms with Gasteiger partial charge in [-0.1, -0.05) is 104 Å². The summed E-state index contributed by atoms with van der Waals surface area (Å²) in [4.78, 5) is 18.4. The van der Waals surface area contributed by atoms with E-state index < -0.39 is 7.60 Å². The second-order valence-electron chi connectivity index (χ2n) is 8.69. The third-order valence-corrected chi connectivity index (χ3v) is 7.57. The Labute approximate surface area is 191 Å². The zero-order valence-electron chi connectivity index (χ0n) is 20.0. The van der Waals surface area contributed by atoms with Crippen molar-refractivity contribution in [1.29, 1.82) is 0 Å². The van der Waals surface area contributed by atoms with Gasteiger partial charge in [0, 0.05) is 12.4 Å². The molecule has 30 heavy (non-hydrogen) atoms. The van der Waals surface area contributed by atoms with Gasteiger partial charge in [-0.3, -0.25) is 4.57 Å². The van der Waals surface area contributed by atoms with E-state index in [2.05, 4.69) is 13.8 Å². The molecular weight excluding hydrogens is 415 g/mol. The fraction of sp³-hybridized carbons (Fsp3) is 1.00. The molecule has 6 heteroatoms. The van der Waals surface area contributed by atoms with Gasteiger partial charge in [-0.05, 0) is 25.0 Å². The van der Waals surface area contributed by atoms with E-state index in [-0.39, 0.29) is 12.3 Å². The van der Waals surface area contributed by atoms with Crippen molar-refractivity contribution < 1.29 is 19.1 Å². The smallest absolute Gasteiger partial charge is 0.325 e. The predicted molar refractivity (Wildman–Crippen MR) is 134 cm³/mol. The minimum atomic E-state index is -3.94. The van der Waals surface area contributed by atoms with Crippen molar-refractivity contribution >= 4 is 19.4 Å². The highest BCUT2D eigenvalue weighted by atomic mass is 32.2. The van der Waals surface area contributed by atoms with E-state index in [4.69, 9.17) is 4.74 Å². The first-order valence-corrected chi connectivity index (χ1v) is 15.7. The van der Waals surface area contributed by atoms with Crippen molar-refractivity contribution in [2.75, 3.05) is 24.3 Å². The maximum Gasteiger partial charge on any atom is 0.325 e. The Morgan fingerprint density at radius 2 is 1.20 bits per heavy atom. The molecule has 0 heterocycles. The molecule has 182 valence electrons. The fourth-order valence-electron chi connectivity index (χ4n) is 3.57. The molecule has 0 fully saturated rings. The minimum absolute atomic E-state index is 0.0265. The first kappa shape index (κ1) is 30.5. The average Bonchev–Trinajstić information content (AvgIpc) is 2.70. The first-order valence-electron chi connectivity index (χ1n) is 12.7. The molecule has 2 N–H and O–H groups in total. The molecule has 0 aromatic rings. The molecule has 0 aliphatic heterocycles. The lowest BCUT2D eigenvalue weighted by molar-refractivity contribution is 0.0635. The van der Waals surface area contributed by atoms with Crippen molar-refractivity contribution in [2.24, 2.45) is 0 Å². The Hall–Kier alpha value is 0.460. The van der Waals surface area contributed by atoms with Gasteiger partial charge in [-0.2, -0.15) is 11.8 Å². The van der Waals surface area contributed by atoms with Crippen LogP contribution in [0.15, 0.2) is 0 Å². The van der Waals surface area contributed by atoms with Crippen LogP contribution in [-0.2, 0) is 9.30 Å². The van der Waals surface area contributed by atoms with Crippen molar-refractivity contribution in [1.82, 2.24) is 0 Å². The van der Waals surface area contributed by atoms with Crippen LogP contribution in [0.4, 0.5) is 0 Å². The highest BCUT2D eigenvalue weighted by molar-refractivity contribution is 7.99. The van der Waals surface area contributed by atoms with Crippen molar-refractivity contribution in [3.8, 4) is 0 Å². The molecule has 0 spiro atoms. The lowest BCUT2D eigenvalue weighted by Gasteiger charge is -2.18. The summed E-state index contributed by atoms with van der Waals surface area (Å²) in [5, 5.41) is 0. The molecule has 0 bridgehead atoms. The second-order valence-corrected chi connectivity index (χ2v) is 11.6. The Bertz CT molecular complexity index is 389. The van der Waals surface area contributed by atoms with Gasteiger partial charge in [0.25, 0.3) is 0 Å². The highest BCUT2D eigenvalue weighted by Crippen LogP contribution is 2.36. The summed E-state index contributed by atoms with van der Waals surface area (Å²) in [6, 6.07) is 0. The van der Waals surface area contributed by atoms with Gasteiger partial charge in [-0.25, -0.2) is 0 Å². The van der Waals surface area contributed by atoms with E-state index in [1.807, 2.05) is 11.8 Å². The summed E-state index contributed by atoms with van der Waals surface area (Å²) in [6.07, 6.45) is 21.3. The Morgan fingerprint density at radius 3 is 1.70 bits per heavy atom. The first-order chi connectivity index (χ1) is 14.5. The zero-order chi connectivity index (χ0) is 22.3. The van der Waals surface area contributed by atoms with Crippen LogP contribution in [0.1, 0.15) is 123 Å². The summed E-state index contributed by atoms with van der Waals surface area (Å²) >= 11 is 1.89. The monoisotopic (exact) mass is 466 g/mol. The number of hydrogen-bond donors (Lipinski definition) is 2. The van der Waals surface area contributed by atoms with Gasteiger partial charge < -0.3 is 14.5 Å². The van der Waals surface area contributed by atoms with Crippen LogP contribution in [0.2, 0.25) is 0 Å². The minimum Gasteiger partial charge on any atom is -0.377 e. The van der Waals surface area contributed by atoms with Crippen LogP contribution in [0.3, 0.4) is 0 Å². The number of thioether (sulfide) groups is 1. The maximum atomic E-state index is 11.2. The summed E-state index contributed by atoms with van der Waals surface area (Å²) in [5.74, 6) is 1.98. The summed E-state index contributed by atoms with van der Waals surface area (Å²) in [5.41, 5.74) is 0. The van der Waals surface area contributed by atoms with Crippen molar-refractivity contribution in [3.05, 3.63) is 0 Å². The summed E-state index contributed by atoms with van der Waals surface area (Å²) < 4.78 is 17.2.